The maximum absolute atomic E-state index is 13.0. The zero-order valence-corrected chi connectivity index (χ0v) is 14.5. The zero-order chi connectivity index (χ0) is 19.2. The zero-order valence-electron chi connectivity index (χ0n) is 14.5. The Hall–Kier alpha value is -2.69. The molecule has 1 atom stereocenters. The molecule has 0 amide bonds. The summed E-state index contributed by atoms with van der Waals surface area (Å²) in [7, 11) is 0. The number of imidazole rings is 1. The Morgan fingerprint density at radius 2 is 2.00 bits per heavy atom. The number of hydrogen-bond donors (Lipinski definition) is 2. The van der Waals surface area contributed by atoms with Crippen molar-refractivity contribution < 1.29 is 18.3 Å². The Bertz CT molecular complexity index is 930. The average Bonchev–Trinajstić information content (AvgIpc) is 3.29. The topological polar surface area (TPSA) is 95.2 Å². The van der Waals surface area contributed by atoms with Gasteiger partial charge in [-0.05, 0) is 25.7 Å². The molecule has 0 spiro atoms. The lowest BCUT2D eigenvalue weighted by Gasteiger charge is -2.35. The summed E-state index contributed by atoms with van der Waals surface area (Å²) in [5.74, 6) is -0.208. The molecule has 0 aliphatic carbocycles. The summed E-state index contributed by atoms with van der Waals surface area (Å²) >= 11 is 0. The molecule has 1 fully saturated rings. The lowest BCUT2D eigenvalue weighted by Crippen LogP contribution is -2.37. The third-order valence-electron chi connectivity index (χ3n) is 4.78. The number of nitrogens with zero attached hydrogens (tertiary/aromatic N) is 6. The highest BCUT2D eigenvalue weighted by atomic mass is 19.4. The number of anilines is 1. The standard InChI is InChI=1S/C16H18F3N7O/c1-9-8-11(26-15(22-9)23-14(24-26)16(17,18)19)25-6-2-10(3-7-25)12(27)13-20-4-5-21-13/h4-5,8,10,12,27H,2-3,6-7H2,1H3,(H,20,21). The molecule has 1 saturated heterocycles. The van der Waals surface area contributed by atoms with Gasteiger partial charge >= 0.3 is 6.18 Å². The van der Waals surface area contributed by atoms with E-state index < -0.39 is 18.1 Å². The highest BCUT2D eigenvalue weighted by molar-refractivity contribution is 5.48. The number of aliphatic hydroxyl groups excluding tert-OH is 1. The molecule has 1 aliphatic heterocycles. The van der Waals surface area contributed by atoms with E-state index >= 15 is 0 Å². The first-order valence-corrected chi connectivity index (χ1v) is 8.57. The van der Waals surface area contributed by atoms with Crippen LogP contribution in [-0.2, 0) is 6.18 Å². The number of hydrogen-bond acceptors (Lipinski definition) is 6. The van der Waals surface area contributed by atoms with Gasteiger partial charge in [0.25, 0.3) is 11.6 Å². The Morgan fingerprint density at radius 3 is 2.63 bits per heavy atom. The molecule has 0 saturated carbocycles. The maximum Gasteiger partial charge on any atom is 0.453 e. The smallest absolute Gasteiger partial charge is 0.385 e. The number of aromatic amines is 1. The van der Waals surface area contributed by atoms with Gasteiger partial charge in [0.2, 0.25) is 0 Å². The predicted octanol–water partition coefficient (Wildman–Crippen LogP) is 2.12. The van der Waals surface area contributed by atoms with Crippen molar-refractivity contribution in [3.8, 4) is 0 Å². The SMILES string of the molecule is Cc1cc(N2CCC(C(O)c3ncc[nH]3)CC2)n2nc(C(F)(F)F)nc2n1. The quantitative estimate of drug-likeness (QED) is 0.722. The van der Waals surface area contributed by atoms with Gasteiger partial charge in [-0.25, -0.2) is 9.97 Å². The van der Waals surface area contributed by atoms with Crippen LogP contribution in [0.4, 0.5) is 19.0 Å². The molecule has 4 rings (SSSR count). The minimum Gasteiger partial charge on any atom is -0.385 e. The minimum absolute atomic E-state index is 0.0207. The van der Waals surface area contributed by atoms with Crippen LogP contribution in [0.5, 0.6) is 0 Å². The van der Waals surface area contributed by atoms with Crippen molar-refractivity contribution in [1.29, 1.82) is 0 Å². The molecule has 0 aromatic carbocycles. The molecule has 0 radical (unpaired) electrons. The molecule has 3 aromatic heterocycles. The predicted molar refractivity (Wildman–Crippen MR) is 89.0 cm³/mol. The molecule has 3 aromatic rings. The fourth-order valence-electron chi connectivity index (χ4n) is 3.42. The Balaban J connectivity index is 1.57. The number of aliphatic hydroxyl groups is 1. The van der Waals surface area contributed by atoms with Gasteiger partial charge < -0.3 is 15.0 Å². The van der Waals surface area contributed by atoms with Crippen molar-refractivity contribution >= 4 is 11.6 Å². The van der Waals surface area contributed by atoms with Crippen LogP contribution < -0.4 is 4.90 Å². The highest BCUT2D eigenvalue weighted by Crippen LogP contribution is 2.32. The second-order valence-corrected chi connectivity index (χ2v) is 6.64. The Labute approximate surface area is 152 Å². The van der Waals surface area contributed by atoms with Gasteiger partial charge in [-0.15, -0.1) is 5.10 Å². The lowest BCUT2D eigenvalue weighted by molar-refractivity contribution is -0.144. The molecule has 8 nitrogen and oxygen atoms in total. The molecule has 2 N–H and O–H groups in total. The number of aryl methyl sites for hydroxylation is 1. The number of H-pyrrole nitrogens is 1. The molecule has 4 heterocycles. The van der Waals surface area contributed by atoms with Crippen molar-refractivity contribution in [2.45, 2.75) is 32.0 Å². The second-order valence-electron chi connectivity index (χ2n) is 6.64. The van der Waals surface area contributed by atoms with Crippen LogP contribution in [-0.4, -0.2) is 47.7 Å². The third kappa shape index (κ3) is 3.34. The largest absolute Gasteiger partial charge is 0.453 e. The molecule has 144 valence electrons. The van der Waals surface area contributed by atoms with Crippen LogP contribution >= 0.6 is 0 Å². The Kier molecular flexibility index (Phi) is 4.25. The van der Waals surface area contributed by atoms with Crippen molar-refractivity contribution in [1.82, 2.24) is 29.5 Å². The summed E-state index contributed by atoms with van der Waals surface area (Å²) in [5, 5.41) is 14.0. The van der Waals surface area contributed by atoms with Gasteiger partial charge in [0.15, 0.2) is 0 Å². The number of halogens is 3. The summed E-state index contributed by atoms with van der Waals surface area (Å²) in [6, 6.07) is 1.70. The maximum atomic E-state index is 13.0. The molecule has 0 bridgehead atoms. The molecule has 27 heavy (non-hydrogen) atoms. The number of alkyl halides is 3. The van der Waals surface area contributed by atoms with Crippen molar-refractivity contribution in [2.75, 3.05) is 18.0 Å². The summed E-state index contributed by atoms with van der Waals surface area (Å²) < 4.78 is 40.0. The molecule has 1 unspecified atom stereocenters. The van der Waals surface area contributed by atoms with Gasteiger partial charge in [0.05, 0.1) is 0 Å². The van der Waals surface area contributed by atoms with E-state index in [2.05, 4.69) is 25.0 Å². The van der Waals surface area contributed by atoms with Crippen LogP contribution in [0.25, 0.3) is 5.78 Å². The van der Waals surface area contributed by atoms with E-state index in [1.54, 1.807) is 25.4 Å². The molecular formula is C16H18F3N7O. The van der Waals surface area contributed by atoms with Gasteiger partial charge in [0.1, 0.15) is 17.7 Å². The Morgan fingerprint density at radius 1 is 1.26 bits per heavy atom. The fraction of sp³-hybridized carbons (Fsp3) is 0.500. The van der Waals surface area contributed by atoms with Crippen LogP contribution in [0.1, 0.15) is 36.3 Å². The third-order valence-corrected chi connectivity index (χ3v) is 4.78. The van der Waals surface area contributed by atoms with Crippen LogP contribution in [0.15, 0.2) is 18.5 Å². The van der Waals surface area contributed by atoms with Gasteiger partial charge in [-0.1, -0.05) is 0 Å². The number of rotatable bonds is 3. The van der Waals surface area contributed by atoms with E-state index in [0.29, 0.717) is 43.3 Å². The first kappa shape index (κ1) is 17.7. The highest BCUT2D eigenvalue weighted by Gasteiger charge is 2.37. The van der Waals surface area contributed by atoms with Gasteiger partial charge in [-0.3, -0.25) is 0 Å². The first-order valence-electron chi connectivity index (χ1n) is 8.57. The molecule has 1 aliphatic rings. The summed E-state index contributed by atoms with van der Waals surface area (Å²) in [6.07, 6.45) is -0.722. The van der Waals surface area contributed by atoms with E-state index in [-0.39, 0.29) is 11.7 Å². The number of piperidine rings is 1. The number of fused-ring (bicyclic) bond motifs is 1. The van der Waals surface area contributed by atoms with Crippen molar-refractivity contribution in [3.05, 3.63) is 35.8 Å². The lowest BCUT2D eigenvalue weighted by atomic mass is 9.91. The van der Waals surface area contributed by atoms with E-state index in [1.165, 1.54) is 0 Å². The van der Waals surface area contributed by atoms with Crippen LogP contribution in [0, 0.1) is 12.8 Å². The van der Waals surface area contributed by atoms with Crippen molar-refractivity contribution in [3.63, 3.8) is 0 Å². The van der Waals surface area contributed by atoms with E-state index in [4.69, 9.17) is 0 Å². The van der Waals surface area contributed by atoms with E-state index in [0.717, 1.165) is 4.52 Å². The monoisotopic (exact) mass is 381 g/mol. The molecular weight excluding hydrogens is 363 g/mol. The first-order chi connectivity index (χ1) is 12.8. The normalized spacial score (nSPS) is 17.6. The fourth-order valence-corrected chi connectivity index (χ4v) is 3.42. The van der Waals surface area contributed by atoms with E-state index in [9.17, 15) is 18.3 Å². The van der Waals surface area contributed by atoms with E-state index in [1.807, 2.05) is 4.90 Å². The number of nitrogens with one attached hydrogen (secondary N) is 1. The van der Waals surface area contributed by atoms with Crippen LogP contribution in [0.2, 0.25) is 0 Å². The summed E-state index contributed by atoms with van der Waals surface area (Å²) in [4.78, 5) is 16.5. The minimum atomic E-state index is -4.63. The number of aromatic nitrogens is 6. The van der Waals surface area contributed by atoms with Gasteiger partial charge in [0, 0.05) is 37.2 Å². The summed E-state index contributed by atoms with van der Waals surface area (Å²) in [5.41, 5.74) is 0.566. The molecule has 11 heteroatoms. The average molecular weight is 381 g/mol. The second kappa shape index (κ2) is 6.48. The van der Waals surface area contributed by atoms with Gasteiger partial charge in [-0.2, -0.15) is 22.7 Å². The van der Waals surface area contributed by atoms with Crippen LogP contribution in [0.3, 0.4) is 0 Å². The van der Waals surface area contributed by atoms with Crippen molar-refractivity contribution in [2.24, 2.45) is 5.92 Å². The summed E-state index contributed by atoms with van der Waals surface area (Å²) in [6.45, 7) is 2.85.